The Kier molecular flexibility index (Phi) is 4.53. The van der Waals surface area contributed by atoms with Gasteiger partial charge in [0.2, 0.25) is 0 Å². The van der Waals surface area contributed by atoms with Crippen LogP contribution in [0.2, 0.25) is 0 Å². The molecule has 1 N–H and O–H groups in total. The van der Waals surface area contributed by atoms with Crippen LogP contribution in [0.4, 0.5) is 0 Å². The van der Waals surface area contributed by atoms with Gasteiger partial charge in [-0.25, -0.2) is 4.98 Å². The molecule has 1 amide bonds. The summed E-state index contributed by atoms with van der Waals surface area (Å²) in [4.78, 5) is 17.8. The molecule has 2 aliphatic carbocycles. The highest BCUT2D eigenvalue weighted by Gasteiger charge is 2.36. The highest BCUT2D eigenvalue weighted by molar-refractivity contribution is 5.96. The predicted molar refractivity (Wildman–Crippen MR) is 116 cm³/mol. The summed E-state index contributed by atoms with van der Waals surface area (Å²) in [6.45, 7) is 4.08. The van der Waals surface area contributed by atoms with Crippen molar-refractivity contribution in [2.45, 2.75) is 57.5 Å². The fraction of sp³-hybridized carbons (Fsp3) is 0.458. The lowest BCUT2D eigenvalue weighted by Gasteiger charge is -2.32. The Bertz CT molecular complexity index is 1090. The fourth-order valence-electron chi connectivity index (χ4n) is 4.42. The number of nitrogens with one attached hydrogen (secondary N) is 1. The van der Waals surface area contributed by atoms with E-state index < -0.39 is 5.66 Å². The third kappa shape index (κ3) is 3.66. The van der Waals surface area contributed by atoms with Crippen molar-refractivity contribution in [3.8, 4) is 11.3 Å². The molecule has 1 aromatic carbocycles. The zero-order valence-electron chi connectivity index (χ0n) is 17.9. The van der Waals surface area contributed by atoms with Crippen molar-refractivity contribution in [3.05, 3.63) is 59.8 Å². The molecule has 2 fully saturated rings. The quantitative estimate of drug-likeness (QED) is 0.637. The molecule has 0 spiro atoms. The Morgan fingerprint density at radius 3 is 2.63 bits per heavy atom. The number of amides is 1. The third-order valence-electron chi connectivity index (χ3n) is 6.48. The number of nitrogens with zero attached hydrogens (tertiary/aromatic N) is 4. The van der Waals surface area contributed by atoms with E-state index in [1.807, 2.05) is 55.6 Å². The standard InChI is InChI=1S/C24H29N5O/c1-16-14-29(15-25-16)24(2,13-17-4-5-17)27-23(30)19-8-9-20(18-6-7-18)21(12-19)22-10-11-26-28(22)3/h8-12,14-15,17-18H,4-7,13H2,1-3H3,(H,27,30)/t24-/m0/s1. The number of aryl methyl sites for hydroxylation is 2. The molecule has 0 bridgehead atoms. The average Bonchev–Trinajstić information content (AvgIpc) is 3.64. The third-order valence-corrected chi connectivity index (χ3v) is 6.48. The van der Waals surface area contributed by atoms with Crippen LogP contribution in [0.1, 0.15) is 66.6 Å². The molecular formula is C24H29N5O. The molecule has 0 saturated heterocycles. The largest absolute Gasteiger partial charge is 0.329 e. The van der Waals surface area contributed by atoms with Crippen molar-refractivity contribution < 1.29 is 4.79 Å². The van der Waals surface area contributed by atoms with Crippen molar-refractivity contribution in [2.75, 3.05) is 0 Å². The highest BCUT2D eigenvalue weighted by atomic mass is 16.2. The van der Waals surface area contributed by atoms with E-state index in [2.05, 4.69) is 33.0 Å². The van der Waals surface area contributed by atoms with Gasteiger partial charge in [0.05, 0.1) is 17.7 Å². The first-order chi connectivity index (χ1) is 14.4. The highest BCUT2D eigenvalue weighted by Crippen LogP contribution is 2.44. The van der Waals surface area contributed by atoms with Crippen molar-refractivity contribution in [2.24, 2.45) is 13.0 Å². The van der Waals surface area contributed by atoms with Crippen LogP contribution >= 0.6 is 0 Å². The van der Waals surface area contributed by atoms with E-state index in [0.717, 1.165) is 23.4 Å². The lowest BCUT2D eigenvalue weighted by Crippen LogP contribution is -2.48. The van der Waals surface area contributed by atoms with Crippen LogP contribution in [0.25, 0.3) is 11.3 Å². The van der Waals surface area contributed by atoms with Crippen LogP contribution in [-0.4, -0.2) is 25.2 Å². The number of hydrogen-bond acceptors (Lipinski definition) is 3. The second-order valence-corrected chi connectivity index (χ2v) is 9.21. The van der Waals surface area contributed by atoms with E-state index in [4.69, 9.17) is 0 Å². The van der Waals surface area contributed by atoms with Crippen molar-refractivity contribution >= 4 is 5.91 Å². The van der Waals surface area contributed by atoms with Gasteiger partial charge in [-0.1, -0.05) is 18.9 Å². The predicted octanol–water partition coefficient (Wildman–Crippen LogP) is 4.37. The Hall–Kier alpha value is -2.89. The minimum absolute atomic E-state index is 0.0460. The average molecular weight is 404 g/mol. The van der Waals surface area contributed by atoms with Crippen molar-refractivity contribution in [3.63, 3.8) is 0 Å². The molecule has 6 heteroatoms. The van der Waals surface area contributed by atoms with E-state index >= 15 is 0 Å². The number of aromatic nitrogens is 4. The number of hydrogen-bond donors (Lipinski definition) is 1. The van der Waals surface area contributed by atoms with Gasteiger partial charge in [-0.2, -0.15) is 5.10 Å². The van der Waals surface area contributed by atoms with E-state index in [9.17, 15) is 4.79 Å². The SMILES string of the molecule is Cc1cn([C@@](C)(CC2CC2)NC(=O)c2ccc(C3CC3)c(-c3ccnn3C)c2)cn1. The molecule has 5 rings (SSSR count). The van der Waals surface area contributed by atoms with Gasteiger partial charge in [-0.3, -0.25) is 9.48 Å². The Morgan fingerprint density at radius 2 is 2.03 bits per heavy atom. The molecule has 1 atom stereocenters. The molecule has 156 valence electrons. The van der Waals surface area contributed by atoms with Gasteiger partial charge in [0, 0.05) is 30.6 Å². The zero-order chi connectivity index (χ0) is 20.9. The van der Waals surface area contributed by atoms with Crippen LogP contribution < -0.4 is 5.32 Å². The monoisotopic (exact) mass is 403 g/mol. The maximum absolute atomic E-state index is 13.4. The molecule has 30 heavy (non-hydrogen) atoms. The number of imidazole rings is 1. The molecule has 6 nitrogen and oxygen atoms in total. The zero-order valence-corrected chi connectivity index (χ0v) is 17.9. The van der Waals surface area contributed by atoms with Crippen LogP contribution in [0.5, 0.6) is 0 Å². The number of carbonyl (C=O) groups excluding carboxylic acids is 1. The molecule has 2 heterocycles. The first kappa shape index (κ1) is 19.1. The van der Waals surface area contributed by atoms with Crippen molar-refractivity contribution in [1.82, 2.24) is 24.6 Å². The van der Waals surface area contributed by atoms with E-state index in [-0.39, 0.29) is 5.91 Å². The van der Waals surface area contributed by atoms with Gasteiger partial charge in [0.25, 0.3) is 5.91 Å². The molecule has 0 radical (unpaired) electrons. The summed E-state index contributed by atoms with van der Waals surface area (Å²) in [6, 6.07) is 8.17. The van der Waals surface area contributed by atoms with E-state index in [1.54, 1.807) is 0 Å². The molecular weight excluding hydrogens is 374 g/mol. The van der Waals surface area contributed by atoms with E-state index in [0.29, 0.717) is 17.4 Å². The van der Waals surface area contributed by atoms with Crippen molar-refractivity contribution in [1.29, 1.82) is 0 Å². The molecule has 2 aliphatic rings. The van der Waals surface area contributed by atoms with Gasteiger partial charge in [0.15, 0.2) is 0 Å². The normalized spacial score (nSPS) is 18.2. The van der Waals surface area contributed by atoms with Crippen LogP contribution in [-0.2, 0) is 12.7 Å². The fourth-order valence-corrected chi connectivity index (χ4v) is 4.42. The minimum Gasteiger partial charge on any atom is -0.329 e. The van der Waals surface area contributed by atoms with Gasteiger partial charge < -0.3 is 9.88 Å². The summed E-state index contributed by atoms with van der Waals surface area (Å²) in [5.41, 5.74) is 4.65. The molecule has 2 aromatic heterocycles. The van der Waals surface area contributed by atoms with E-state index in [1.165, 1.54) is 31.2 Å². The molecule has 2 saturated carbocycles. The summed E-state index contributed by atoms with van der Waals surface area (Å²) in [7, 11) is 1.95. The van der Waals surface area contributed by atoms with Gasteiger partial charge in [-0.15, -0.1) is 0 Å². The maximum Gasteiger partial charge on any atom is 0.253 e. The summed E-state index contributed by atoms with van der Waals surface area (Å²) >= 11 is 0. The second kappa shape index (κ2) is 7.11. The summed E-state index contributed by atoms with van der Waals surface area (Å²) < 4.78 is 3.94. The lowest BCUT2D eigenvalue weighted by atomic mass is 9.97. The van der Waals surface area contributed by atoms with Gasteiger partial charge in [-0.05, 0) is 68.7 Å². The summed E-state index contributed by atoms with van der Waals surface area (Å²) in [6.07, 6.45) is 11.5. The van der Waals surface area contributed by atoms with Gasteiger partial charge in [0.1, 0.15) is 5.66 Å². The first-order valence-electron chi connectivity index (χ1n) is 10.9. The summed E-state index contributed by atoms with van der Waals surface area (Å²) in [5.74, 6) is 1.22. The smallest absolute Gasteiger partial charge is 0.253 e. The van der Waals surface area contributed by atoms with Gasteiger partial charge >= 0.3 is 0 Å². The minimum atomic E-state index is -0.485. The first-order valence-corrected chi connectivity index (χ1v) is 10.9. The van der Waals surface area contributed by atoms with Crippen LogP contribution in [0, 0.1) is 12.8 Å². The summed E-state index contributed by atoms with van der Waals surface area (Å²) in [5, 5.41) is 7.66. The lowest BCUT2D eigenvalue weighted by molar-refractivity contribution is 0.0840. The Morgan fingerprint density at radius 1 is 1.23 bits per heavy atom. The number of benzene rings is 1. The molecule has 0 aliphatic heterocycles. The maximum atomic E-state index is 13.4. The topological polar surface area (TPSA) is 64.7 Å². The van der Waals surface area contributed by atoms with Crippen LogP contribution in [0.15, 0.2) is 43.0 Å². The Balaban J connectivity index is 1.47. The second-order valence-electron chi connectivity index (χ2n) is 9.21. The molecule has 0 unspecified atom stereocenters. The number of rotatable bonds is 7. The van der Waals surface area contributed by atoms with Crippen LogP contribution in [0.3, 0.4) is 0 Å². The molecule has 3 aromatic rings. The number of carbonyl (C=O) groups is 1. The Labute approximate surface area is 177 Å².